The summed E-state index contributed by atoms with van der Waals surface area (Å²) in [4.78, 5) is 14.2. The lowest BCUT2D eigenvalue weighted by atomic mass is 10.0. The molecular weight excluding hydrogens is 260 g/mol. The minimum Gasteiger partial charge on any atom is -0.325 e. The highest BCUT2D eigenvalue weighted by atomic mass is 35.5. The van der Waals surface area contributed by atoms with Gasteiger partial charge in [-0.25, -0.2) is 0 Å². The lowest BCUT2D eigenvalue weighted by Crippen LogP contribution is -2.39. The van der Waals surface area contributed by atoms with Gasteiger partial charge in [0.05, 0.1) is 6.54 Å². The zero-order valence-corrected chi connectivity index (χ0v) is 12.3. The first-order chi connectivity index (χ1) is 9.04. The minimum absolute atomic E-state index is 0.0361. The normalized spacial score (nSPS) is 20.3. The molecule has 1 saturated heterocycles. The monoisotopic (exact) mass is 280 g/mol. The maximum atomic E-state index is 12.0. The summed E-state index contributed by atoms with van der Waals surface area (Å²) in [5.41, 5.74) is 1.79. The number of amides is 1. The van der Waals surface area contributed by atoms with Gasteiger partial charge in [-0.1, -0.05) is 24.6 Å². The molecule has 1 aliphatic rings. The van der Waals surface area contributed by atoms with Crippen molar-refractivity contribution in [3.05, 3.63) is 28.8 Å². The predicted molar refractivity (Wildman–Crippen MR) is 79.7 cm³/mol. The Kier molecular flexibility index (Phi) is 4.83. The fraction of sp³-hybridized carbons (Fsp3) is 0.533. The number of anilines is 1. The standard InChI is InChI=1S/C15H21ClN2O/c1-11-4-3-7-18(9-11)10-15(19)17-13-6-5-12(2)14(16)8-13/h5-6,8,11H,3-4,7,9-10H2,1-2H3,(H,17,19)/t11-/m1/s1. The van der Waals surface area contributed by atoms with E-state index in [0.717, 1.165) is 24.3 Å². The Morgan fingerprint density at radius 3 is 3.00 bits per heavy atom. The van der Waals surface area contributed by atoms with Crippen LogP contribution in [0.5, 0.6) is 0 Å². The first-order valence-electron chi connectivity index (χ1n) is 6.83. The van der Waals surface area contributed by atoms with E-state index in [2.05, 4.69) is 17.1 Å². The maximum absolute atomic E-state index is 12.0. The second-order valence-electron chi connectivity index (χ2n) is 5.49. The molecule has 104 valence electrons. The molecule has 2 rings (SSSR count). The van der Waals surface area contributed by atoms with Crippen molar-refractivity contribution in [3.8, 4) is 0 Å². The molecule has 0 aliphatic carbocycles. The zero-order chi connectivity index (χ0) is 13.8. The van der Waals surface area contributed by atoms with Crippen molar-refractivity contribution in [2.75, 3.05) is 25.0 Å². The lowest BCUT2D eigenvalue weighted by Gasteiger charge is -2.30. The molecule has 0 radical (unpaired) electrons. The van der Waals surface area contributed by atoms with Crippen LogP contribution < -0.4 is 5.32 Å². The van der Waals surface area contributed by atoms with Crippen LogP contribution in [0.25, 0.3) is 0 Å². The van der Waals surface area contributed by atoms with Gasteiger partial charge >= 0.3 is 0 Å². The van der Waals surface area contributed by atoms with Crippen LogP contribution >= 0.6 is 11.6 Å². The molecule has 1 heterocycles. The highest BCUT2D eigenvalue weighted by Crippen LogP contribution is 2.20. The summed E-state index contributed by atoms with van der Waals surface area (Å²) >= 11 is 6.05. The Morgan fingerprint density at radius 2 is 2.32 bits per heavy atom. The van der Waals surface area contributed by atoms with E-state index in [1.54, 1.807) is 6.07 Å². The van der Waals surface area contributed by atoms with Gasteiger partial charge in [0.2, 0.25) is 5.91 Å². The molecule has 0 bridgehead atoms. The van der Waals surface area contributed by atoms with E-state index in [4.69, 9.17) is 11.6 Å². The van der Waals surface area contributed by atoms with E-state index >= 15 is 0 Å². The Bertz CT molecular complexity index is 461. The summed E-state index contributed by atoms with van der Waals surface area (Å²) in [6, 6.07) is 5.60. The fourth-order valence-electron chi connectivity index (χ4n) is 2.50. The third-order valence-electron chi connectivity index (χ3n) is 3.56. The van der Waals surface area contributed by atoms with Crippen LogP contribution in [0.1, 0.15) is 25.3 Å². The summed E-state index contributed by atoms with van der Waals surface area (Å²) in [5, 5.41) is 3.59. The number of benzene rings is 1. The molecular formula is C15H21ClN2O. The quantitative estimate of drug-likeness (QED) is 0.921. The number of hydrogen-bond donors (Lipinski definition) is 1. The number of halogens is 1. The van der Waals surface area contributed by atoms with Gasteiger partial charge in [0, 0.05) is 17.3 Å². The van der Waals surface area contributed by atoms with Crippen LogP contribution in [-0.2, 0) is 4.79 Å². The molecule has 0 saturated carbocycles. The van der Waals surface area contributed by atoms with E-state index in [1.807, 2.05) is 19.1 Å². The first kappa shape index (κ1) is 14.4. The van der Waals surface area contributed by atoms with E-state index < -0.39 is 0 Å². The summed E-state index contributed by atoms with van der Waals surface area (Å²) in [6.45, 7) is 6.69. The maximum Gasteiger partial charge on any atom is 0.238 e. The van der Waals surface area contributed by atoms with Crippen molar-refractivity contribution in [1.29, 1.82) is 0 Å². The van der Waals surface area contributed by atoms with Crippen LogP contribution in [0.4, 0.5) is 5.69 Å². The van der Waals surface area contributed by atoms with Gasteiger partial charge in [0.25, 0.3) is 0 Å². The highest BCUT2D eigenvalue weighted by Gasteiger charge is 2.18. The topological polar surface area (TPSA) is 32.3 Å². The van der Waals surface area contributed by atoms with Crippen molar-refractivity contribution in [1.82, 2.24) is 4.90 Å². The minimum atomic E-state index is 0.0361. The number of aryl methyl sites for hydroxylation is 1. The van der Waals surface area contributed by atoms with Gasteiger partial charge in [-0.05, 0) is 49.9 Å². The van der Waals surface area contributed by atoms with Gasteiger partial charge in [0.15, 0.2) is 0 Å². The fourth-order valence-corrected chi connectivity index (χ4v) is 2.69. The number of piperidine rings is 1. The zero-order valence-electron chi connectivity index (χ0n) is 11.6. The molecule has 4 heteroatoms. The molecule has 3 nitrogen and oxygen atoms in total. The third-order valence-corrected chi connectivity index (χ3v) is 3.97. The molecule has 1 aromatic carbocycles. The largest absolute Gasteiger partial charge is 0.325 e. The van der Waals surface area contributed by atoms with E-state index in [9.17, 15) is 4.79 Å². The highest BCUT2D eigenvalue weighted by molar-refractivity contribution is 6.31. The summed E-state index contributed by atoms with van der Waals surface area (Å²) in [7, 11) is 0. The Hall–Kier alpha value is -1.06. The molecule has 1 amide bonds. The van der Waals surface area contributed by atoms with Gasteiger partial charge in [0.1, 0.15) is 0 Å². The van der Waals surface area contributed by atoms with Crippen LogP contribution in [0.15, 0.2) is 18.2 Å². The number of nitrogens with one attached hydrogen (secondary N) is 1. The van der Waals surface area contributed by atoms with Crippen molar-refractivity contribution in [2.24, 2.45) is 5.92 Å². The number of carbonyl (C=O) groups excluding carboxylic acids is 1. The van der Waals surface area contributed by atoms with Crippen molar-refractivity contribution < 1.29 is 4.79 Å². The molecule has 0 aromatic heterocycles. The van der Waals surface area contributed by atoms with Crippen LogP contribution in [0.2, 0.25) is 5.02 Å². The van der Waals surface area contributed by atoms with Gasteiger partial charge < -0.3 is 5.32 Å². The van der Waals surface area contributed by atoms with Crippen LogP contribution in [0, 0.1) is 12.8 Å². The Balaban J connectivity index is 1.88. The molecule has 19 heavy (non-hydrogen) atoms. The summed E-state index contributed by atoms with van der Waals surface area (Å²) < 4.78 is 0. The molecule has 0 spiro atoms. The Morgan fingerprint density at radius 1 is 1.53 bits per heavy atom. The van der Waals surface area contributed by atoms with Crippen LogP contribution in [-0.4, -0.2) is 30.4 Å². The van der Waals surface area contributed by atoms with E-state index in [1.165, 1.54) is 12.8 Å². The second-order valence-corrected chi connectivity index (χ2v) is 5.90. The summed E-state index contributed by atoms with van der Waals surface area (Å²) in [5.74, 6) is 0.726. The average Bonchev–Trinajstić information content (AvgIpc) is 2.34. The van der Waals surface area contributed by atoms with Crippen molar-refractivity contribution >= 4 is 23.2 Å². The van der Waals surface area contributed by atoms with Crippen molar-refractivity contribution in [3.63, 3.8) is 0 Å². The number of likely N-dealkylation sites (tertiary alicyclic amines) is 1. The Labute approximate surface area is 119 Å². The van der Waals surface area contributed by atoms with E-state index in [-0.39, 0.29) is 5.91 Å². The van der Waals surface area contributed by atoms with Crippen molar-refractivity contribution in [2.45, 2.75) is 26.7 Å². The van der Waals surface area contributed by atoms with Gasteiger partial charge in [-0.2, -0.15) is 0 Å². The molecule has 0 unspecified atom stereocenters. The number of carbonyl (C=O) groups is 1. The number of rotatable bonds is 3. The molecule has 1 aliphatic heterocycles. The predicted octanol–water partition coefficient (Wildman–Crippen LogP) is 3.32. The average molecular weight is 281 g/mol. The molecule has 1 atom stereocenters. The first-order valence-corrected chi connectivity index (χ1v) is 7.21. The van der Waals surface area contributed by atoms with Gasteiger partial charge in [-0.15, -0.1) is 0 Å². The smallest absolute Gasteiger partial charge is 0.238 e. The molecule has 1 aromatic rings. The third kappa shape index (κ3) is 4.22. The molecule has 1 fully saturated rings. The van der Waals surface area contributed by atoms with Crippen LogP contribution in [0.3, 0.4) is 0 Å². The second kappa shape index (κ2) is 6.40. The summed E-state index contributed by atoms with van der Waals surface area (Å²) in [6.07, 6.45) is 2.45. The number of nitrogens with zero attached hydrogens (tertiary/aromatic N) is 1. The van der Waals surface area contributed by atoms with E-state index in [0.29, 0.717) is 17.5 Å². The SMILES string of the molecule is Cc1ccc(NC(=O)CN2CCC[C@@H](C)C2)cc1Cl. The lowest BCUT2D eigenvalue weighted by molar-refractivity contribution is -0.117. The van der Waals surface area contributed by atoms with Gasteiger partial charge in [-0.3, -0.25) is 9.69 Å². The molecule has 1 N–H and O–H groups in total. The number of hydrogen-bond acceptors (Lipinski definition) is 2.